The number of alkyl halides is 3. The van der Waals surface area contributed by atoms with Crippen LogP contribution in [-0.2, 0) is 4.79 Å². The first-order valence-electron chi connectivity index (χ1n) is 4.87. The fourth-order valence-corrected chi connectivity index (χ4v) is 1.76. The Bertz CT molecular complexity index is 446. The molecule has 0 heterocycles. The second-order valence-electron chi connectivity index (χ2n) is 3.59. The summed E-state index contributed by atoms with van der Waals surface area (Å²) in [4.78, 5) is 10.5. The summed E-state index contributed by atoms with van der Waals surface area (Å²) in [7, 11) is 1.33. The summed E-state index contributed by atoms with van der Waals surface area (Å²) < 4.78 is 43.0. The van der Waals surface area contributed by atoms with Crippen molar-refractivity contribution in [3.05, 3.63) is 28.8 Å². The molecule has 1 atom stereocenters. The Balaban J connectivity index is 3.13. The first-order valence-corrected chi connectivity index (χ1v) is 5.25. The quantitative estimate of drug-likeness (QED) is 0.920. The van der Waals surface area contributed by atoms with Gasteiger partial charge in [-0.15, -0.1) is 0 Å². The molecular formula is C11H10ClF3O3. The molecule has 0 spiro atoms. The Morgan fingerprint density at radius 1 is 1.50 bits per heavy atom. The highest BCUT2D eigenvalue weighted by molar-refractivity contribution is 6.32. The molecule has 0 fully saturated rings. The Kier molecular flexibility index (Phi) is 4.45. The van der Waals surface area contributed by atoms with Crippen molar-refractivity contribution in [2.45, 2.75) is 18.5 Å². The summed E-state index contributed by atoms with van der Waals surface area (Å²) in [6, 6.07) is 3.51. The average molecular weight is 283 g/mol. The van der Waals surface area contributed by atoms with Crippen molar-refractivity contribution in [3.63, 3.8) is 0 Å². The Morgan fingerprint density at radius 2 is 2.11 bits per heavy atom. The van der Waals surface area contributed by atoms with E-state index >= 15 is 0 Å². The van der Waals surface area contributed by atoms with E-state index in [1.54, 1.807) is 0 Å². The number of hydrogen-bond donors (Lipinski definition) is 1. The van der Waals surface area contributed by atoms with E-state index in [1.165, 1.54) is 13.2 Å². The van der Waals surface area contributed by atoms with Crippen LogP contribution in [0.4, 0.5) is 13.2 Å². The van der Waals surface area contributed by atoms with Crippen LogP contribution in [0.3, 0.4) is 0 Å². The number of halogens is 4. The van der Waals surface area contributed by atoms with Crippen molar-refractivity contribution in [1.82, 2.24) is 0 Å². The zero-order valence-corrected chi connectivity index (χ0v) is 10.0. The Labute approximate surface area is 106 Å². The van der Waals surface area contributed by atoms with Gasteiger partial charge in [0.25, 0.3) is 0 Å². The van der Waals surface area contributed by atoms with Gasteiger partial charge in [0, 0.05) is 0 Å². The van der Waals surface area contributed by atoms with Gasteiger partial charge in [0.15, 0.2) is 0 Å². The van der Waals surface area contributed by atoms with E-state index in [0.29, 0.717) is 0 Å². The smallest absolute Gasteiger partial charge is 0.396 e. The van der Waals surface area contributed by atoms with Gasteiger partial charge in [-0.1, -0.05) is 17.7 Å². The van der Waals surface area contributed by atoms with Crippen molar-refractivity contribution < 1.29 is 27.8 Å². The van der Waals surface area contributed by atoms with E-state index in [9.17, 15) is 18.0 Å². The van der Waals surface area contributed by atoms with Gasteiger partial charge in [-0.05, 0) is 17.7 Å². The average Bonchev–Trinajstić information content (AvgIpc) is 2.24. The first kappa shape index (κ1) is 14.6. The molecule has 0 aromatic heterocycles. The van der Waals surface area contributed by atoms with Crippen molar-refractivity contribution in [3.8, 4) is 5.75 Å². The van der Waals surface area contributed by atoms with Gasteiger partial charge in [-0.2, -0.15) is 13.2 Å². The third kappa shape index (κ3) is 3.53. The molecule has 1 unspecified atom stereocenters. The van der Waals surface area contributed by atoms with Gasteiger partial charge in [0.2, 0.25) is 0 Å². The lowest BCUT2D eigenvalue weighted by atomic mass is 9.95. The lowest BCUT2D eigenvalue weighted by Crippen LogP contribution is -2.23. The molecule has 0 aliphatic heterocycles. The Hall–Kier alpha value is -1.43. The number of carbonyl (C=O) groups is 1. The molecule has 1 aromatic carbocycles. The largest absolute Gasteiger partial charge is 0.495 e. The molecule has 18 heavy (non-hydrogen) atoms. The summed E-state index contributed by atoms with van der Waals surface area (Å²) >= 11 is 5.72. The van der Waals surface area contributed by atoms with E-state index in [1.807, 2.05) is 0 Å². The van der Waals surface area contributed by atoms with Crippen LogP contribution in [0.15, 0.2) is 18.2 Å². The standard InChI is InChI=1S/C11H10ClF3O3/c1-18-9-3-2-6(4-8(9)12)7(5-10(16)17)11(13,14)15/h2-4,7H,5H2,1H3,(H,16,17). The van der Waals surface area contributed by atoms with Gasteiger partial charge < -0.3 is 9.84 Å². The minimum Gasteiger partial charge on any atom is -0.495 e. The molecule has 0 aliphatic carbocycles. The number of carboxylic acid groups (broad SMARTS) is 1. The zero-order chi connectivity index (χ0) is 13.9. The van der Waals surface area contributed by atoms with Crippen LogP contribution in [0.2, 0.25) is 5.02 Å². The number of benzene rings is 1. The highest BCUT2D eigenvalue weighted by atomic mass is 35.5. The zero-order valence-electron chi connectivity index (χ0n) is 9.29. The minimum absolute atomic E-state index is 0.00892. The molecule has 3 nitrogen and oxygen atoms in total. The molecule has 0 amide bonds. The fraction of sp³-hybridized carbons (Fsp3) is 0.364. The monoisotopic (exact) mass is 282 g/mol. The number of aliphatic carboxylic acids is 1. The van der Waals surface area contributed by atoms with Crippen LogP contribution in [0.5, 0.6) is 5.75 Å². The van der Waals surface area contributed by atoms with E-state index in [2.05, 4.69) is 0 Å². The normalized spacial score (nSPS) is 13.2. The van der Waals surface area contributed by atoms with Gasteiger partial charge in [0.1, 0.15) is 5.75 Å². The van der Waals surface area contributed by atoms with Gasteiger partial charge in [0.05, 0.1) is 24.5 Å². The maximum atomic E-state index is 12.7. The van der Waals surface area contributed by atoms with E-state index in [0.717, 1.165) is 12.1 Å². The van der Waals surface area contributed by atoms with Crippen molar-refractivity contribution in [2.24, 2.45) is 0 Å². The summed E-state index contributed by atoms with van der Waals surface area (Å²) in [6.07, 6.45) is -5.68. The van der Waals surface area contributed by atoms with Crippen molar-refractivity contribution in [2.75, 3.05) is 7.11 Å². The highest BCUT2D eigenvalue weighted by Gasteiger charge is 2.42. The van der Waals surface area contributed by atoms with Crippen LogP contribution in [0, 0.1) is 0 Å². The lowest BCUT2D eigenvalue weighted by Gasteiger charge is -2.19. The van der Waals surface area contributed by atoms with Crippen molar-refractivity contribution in [1.29, 1.82) is 0 Å². The maximum absolute atomic E-state index is 12.7. The number of carboxylic acids is 1. The summed E-state index contributed by atoms with van der Waals surface area (Å²) in [6.45, 7) is 0. The molecule has 1 N–H and O–H groups in total. The van der Waals surface area contributed by atoms with Crippen LogP contribution < -0.4 is 4.74 Å². The molecule has 7 heteroatoms. The van der Waals surface area contributed by atoms with E-state index in [-0.39, 0.29) is 16.3 Å². The highest BCUT2D eigenvalue weighted by Crippen LogP contribution is 2.39. The molecular weight excluding hydrogens is 273 g/mol. The molecule has 0 bridgehead atoms. The topological polar surface area (TPSA) is 46.5 Å². The van der Waals surface area contributed by atoms with Crippen LogP contribution in [0.1, 0.15) is 17.9 Å². The Morgan fingerprint density at radius 3 is 2.50 bits per heavy atom. The van der Waals surface area contributed by atoms with Gasteiger partial charge in [-0.25, -0.2) is 0 Å². The number of rotatable bonds is 4. The minimum atomic E-state index is -4.64. The molecule has 1 aromatic rings. The van der Waals surface area contributed by atoms with Gasteiger partial charge >= 0.3 is 12.1 Å². The number of methoxy groups -OCH3 is 1. The third-order valence-electron chi connectivity index (χ3n) is 2.35. The lowest BCUT2D eigenvalue weighted by molar-refractivity contribution is -0.163. The van der Waals surface area contributed by atoms with Crippen LogP contribution in [-0.4, -0.2) is 24.4 Å². The predicted octanol–water partition coefficient (Wildman–Crippen LogP) is 3.47. The van der Waals surface area contributed by atoms with Crippen molar-refractivity contribution >= 4 is 17.6 Å². The molecule has 0 saturated heterocycles. The molecule has 100 valence electrons. The third-order valence-corrected chi connectivity index (χ3v) is 2.65. The fourth-order valence-electron chi connectivity index (χ4n) is 1.50. The maximum Gasteiger partial charge on any atom is 0.396 e. The predicted molar refractivity (Wildman–Crippen MR) is 59.1 cm³/mol. The molecule has 0 aliphatic rings. The second-order valence-corrected chi connectivity index (χ2v) is 3.99. The summed E-state index contributed by atoms with van der Waals surface area (Å²) in [5.41, 5.74) is -0.198. The summed E-state index contributed by atoms with van der Waals surface area (Å²) in [5, 5.41) is 8.53. The molecule has 0 saturated carbocycles. The summed E-state index contributed by atoms with van der Waals surface area (Å²) in [5.74, 6) is -3.38. The molecule has 1 rings (SSSR count). The van der Waals surface area contributed by atoms with Gasteiger partial charge in [-0.3, -0.25) is 4.79 Å². The SMILES string of the molecule is COc1ccc(C(CC(=O)O)C(F)(F)F)cc1Cl. The second kappa shape index (κ2) is 5.48. The van der Waals surface area contributed by atoms with Crippen LogP contribution >= 0.6 is 11.6 Å². The number of ether oxygens (including phenoxy) is 1. The van der Waals surface area contributed by atoms with E-state index in [4.69, 9.17) is 21.4 Å². The number of hydrogen-bond acceptors (Lipinski definition) is 2. The van der Waals surface area contributed by atoms with Crippen LogP contribution in [0.25, 0.3) is 0 Å². The van der Waals surface area contributed by atoms with E-state index < -0.39 is 24.5 Å². The molecule has 0 radical (unpaired) electrons. The first-order chi connectivity index (χ1) is 8.25.